The first-order chi connectivity index (χ1) is 8.63. The predicted molar refractivity (Wildman–Crippen MR) is 74.8 cm³/mol. The molecule has 3 nitrogen and oxygen atoms in total. The summed E-state index contributed by atoms with van der Waals surface area (Å²) >= 11 is 6.10. The van der Waals surface area contributed by atoms with Gasteiger partial charge in [-0.1, -0.05) is 25.4 Å². The molecule has 0 fully saturated rings. The molecule has 1 amide bonds. The van der Waals surface area contributed by atoms with Crippen molar-refractivity contribution < 1.29 is 4.79 Å². The third-order valence-corrected chi connectivity index (χ3v) is 3.36. The fraction of sp³-hybridized carbons (Fsp3) is 0.286. The molecule has 0 saturated carbocycles. The van der Waals surface area contributed by atoms with E-state index < -0.39 is 0 Å². The summed E-state index contributed by atoms with van der Waals surface area (Å²) in [7, 11) is 0. The molecule has 0 aliphatic heterocycles. The third-order valence-electron chi connectivity index (χ3n) is 3.03. The third kappa shape index (κ3) is 2.46. The average molecular weight is 263 g/mol. The maximum atomic E-state index is 11.9. The maximum Gasteiger partial charge on any atom is 0.227 e. The number of nitrogens with zero attached hydrogens (tertiary/aromatic N) is 1. The molecule has 0 unspecified atom stereocenters. The van der Waals surface area contributed by atoms with Gasteiger partial charge in [0.1, 0.15) is 0 Å². The summed E-state index contributed by atoms with van der Waals surface area (Å²) in [5, 5.41) is 4.39. The first-order valence-corrected chi connectivity index (χ1v) is 6.35. The number of nitrogens with one attached hydrogen (secondary N) is 1. The van der Waals surface area contributed by atoms with Gasteiger partial charge in [-0.2, -0.15) is 0 Å². The Morgan fingerprint density at radius 1 is 1.44 bits per heavy atom. The van der Waals surface area contributed by atoms with Gasteiger partial charge in [-0.25, -0.2) is 0 Å². The van der Waals surface area contributed by atoms with Crippen molar-refractivity contribution in [1.82, 2.24) is 4.98 Å². The fourth-order valence-corrected chi connectivity index (χ4v) is 1.90. The number of pyridine rings is 1. The number of halogens is 1. The van der Waals surface area contributed by atoms with Crippen molar-refractivity contribution >= 4 is 34.1 Å². The number of hydrogen-bond acceptors (Lipinski definition) is 2. The number of anilines is 1. The second kappa shape index (κ2) is 5.36. The molecule has 4 heteroatoms. The topological polar surface area (TPSA) is 42.0 Å². The van der Waals surface area contributed by atoms with Crippen molar-refractivity contribution in [1.29, 1.82) is 0 Å². The van der Waals surface area contributed by atoms with Gasteiger partial charge < -0.3 is 5.32 Å². The van der Waals surface area contributed by atoms with Crippen molar-refractivity contribution in [3.8, 4) is 0 Å². The maximum absolute atomic E-state index is 11.9. The molecule has 1 N–H and O–H groups in total. The van der Waals surface area contributed by atoms with Crippen LogP contribution >= 0.6 is 11.6 Å². The van der Waals surface area contributed by atoms with Gasteiger partial charge in [0.2, 0.25) is 5.91 Å². The molecule has 0 radical (unpaired) electrons. The van der Waals surface area contributed by atoms with E-state index in [1.54, 1.807) is 18.3 Å². The van der Waals surface area contributed by atoms with Crippen molar-refractivity contribution in [3.05, 3.63) is 35.5 Å². The minimum absolute atomic E-state index is 0.00627. The van der Waals surface area contributed by atoms with Crippen LogP contribution in [0.1, 0.15) is 20.3 Å². The average Bonchev–Trinajstić information content (AvgIpc) is 2.41. The van der Waals surface area contributed by atoms with E-state index in [0.29, 0.717) is 10.7 Å². The zero-order valence-electron chi connectivity index (χ0n) is 10.4. The molecule has 1 atom stereocenters. The van der Waals surface area contributed by atoms with Crippen molar-refractivity contribution in [2.45, 2.75) is 20.3 Å². The number of hydrogen-bond donors (Lipinski definition) is 1. The lowest BCUT2D eigenvalue weighted by Gasteiger charge is -2.12. The summed E-state index contributed by atoms with van der Waals surface area (Å²) in [4.78, 5) is 16.2. The zero-order valence-corrected chi connectivity index (χ0v) is 11.2. The van der Waals surface area contributed by atoms with Crippen molar-refractivity contribution in [3.63, 3.8) is 0 Å². The summed E-state index contributed by atoms with van der Waals surface area (Å²) in [5.41, 5.74) is 1.43. The molecule has 0 aliphatic rings. The van der Waals surface area contributed by atoms with Crippen LogP contribution in [0.15, 0.2) is 30.5 Å². The minimum Gasteiger partial charge on any atom is -0.324 e. The van der Waals surface area contributed by atoms with Crippen LogP contribution in [0.4, 0.5) is 5.69 Å². The molecule has 0 saturated heterocycles. The molecule has 2 aromatic rings. The van der Waals surface area contributed by atoms with E-state index in [4.69, 9.17) is 11.6 Å². The molecule has 1 aromatic carbocycles. The Kier molecular flexibility index (Phi) is 3.82. The lowest BCUT2D eigenvalue weighted by atomic mass is 10.1. The zero-order chi connectivity index (χ0) is 13.1. The van der Waals surface area contributed by atoms with Crippen LogP contribution in [0, 0.1) is 5.92 Å². The van der Waals surface area contributed by atoms with E-state index in [0.717, 1.165) is 17.3 Å². The van der Waals surface area contributed by atoms with Crippen LogP contribution in [0.2, 0.25) is 5.02 Å². The highest BCUT2D eigenvalue weighted by Gasteiger charge is 2.13. The Balaban J connectivity index is 2.40. The van der Waals surface area contributed by atoms with Gasteiger partial charge in [0.25, 0.3) is 0 Å². The molecular weight excluding hydrogens is 248 g/mol. The quantitative estimate of drug-likeness (QED) is 0.912. The summed E-state index contributed by atoms with van der Waals surface area (Å²) < 4.78 is 0. The summed E-state index contributed by atoms with van der Waals surface area (Å²) in [6, 6.07) is 7.29. The molecule has 94 valence electrons. The molecule has 18 heavy (non-hydrogen) atoms. The molecule has 0 aliphatic carbocycles. The lowest BCUT2D eigenvalue weighted by molar-refractivity contribution is -0.119. The normalized spacial score (nSPS) is 12.4. The Morgan fingerprint density at radius 3 is 2.94 bits per heavy atom. The smallest absolute Gasteiger partial charge is 0.227 e. The van der Waals surface area contributed by atoms with E-state index in [1.807, 2.05) is 26.0 Å². The van der Waals surface area contributed by atoms with E-state index in [9.17, 15) is 4.79 Å². The molecule has 1 heterocycles. The van der Waals surface area contributed by atoms with Gasteiger partial charge in [0.05, 0.1) is 16.2 Å². The van der Waals surface area contributed by atoms with Gasteiger partial charge in [-0.15, -0.1) is 0 Å². The SMILES string of the molecule is CC[C@@H](C)C(=O)Nc1ccc(Cl)c2cccnc12. The van der Waals surface area contributed by atoms with Gasteiger partial charge in [-0.05, 0) is 30.7 Å². The Morgan fingerprint density at radius 2 is 2.22 bits per heavy atom. The number of carbonyl (C=O) groups excluding carboxylic acids is 1. The largest absolute Gasteiger partial charge is 0.324 e. The van der Waals surface area contributed by atoms with Crippen LogP contribution in [-0.4, -0.2) is 10.9 Å². The lowest BCUT2D eigenvalue weighted by Crippen LogP contribution is -2.19. The van der Waals surface area contributed by atoms with Crippen LogP contribution in [0.5, 0.6) is 0 Å². The van der Waals surface area contributed by atoms with E-state index in [1.165, 1.54) is 0 Å². The van der Waals surface area contributed by atoms with Crippen LogP contribution < -0.4 is 5.32 Å². The van der Waals surface area contributed by atoms with Crippen LogP contribution in [-0.2, 0) is 4.79 Å². The highest BCUT2D eigenvalue weighted by atomic mass is 35.5. The number of amides is 1. The molecule has 2 rings (SSSR count). The number of aromatic nitrogens is 1. The van der Waals surface area contributed by atoms with Crippen LogP contribution in [0.25, 0.3) is 10.9 Å². The fourth-order valence-electron chi connectivity index (χ4n) is 1.68. The number of rotatable bonds is 3. The molecule has 1 aromatic heterocycles. The van der Waals surface area contributed by atoms with Gasteiger partial charge in [-0.3, -0.25) is 9.78 Å². The highest BCUT2D eigenvalue weighted by molar-refractivity contribution is 6.35. The molecular formula is C14H15ClN2O. The Hall–Kier alpha value is -1.61. The van der Waals surface area contributed by atoms with Crippen molar-refractivity contribution in [2.75, 3.05) is 5.32 Å². The monoisotopic (exact) mass is 262 g/mol. The molecule has 0 bridgehead atoms. The summed E-state index contributed by atoms with van der Waals surface area (Å²) in [5.74, 6) is -0.00813. The van der Waals surface area contributed by atoms with Gasteiger partial charge in [0.15, 0.2) is 0 Å². The summed E-state index contributed by atoms with van der Waals surface area (Å²) in [6.45, 7) is 3.89. The minimum atomic E-state index is -0.0144. The first-order valence-electron chi connectivity index (χ1n) is 5.97. The Bertz CT molecular complexity index is 583. The predicted octanol–water partition coefficient (Wildman–Crippen LogP) is 3.87. The number of fused-ring (bicyclic) bond motifs is 1. The van der Waals surface area contributed by atoms with E-state index in [-0.39, 0.29) is 11.8 Å². The Labute approximate surface area is 111 Å². The second-order valence-electron chi connectivity index (χ2n) is 4.29. The molecule has 0 spiro atoms. The van der Waals surface area contributed by atoms with E-state index >= 15 is 0 Å². The van der Waals surface area contributed by atoms with Crippen molar-refractivity contribution in [2.24, 2.45) is 5.92 Å². The number of benzene rings is 1. The van der Waals surface area contributed by atoms with Crippen LogP contribution in [0.3, 0.4) is 0 Å². The summed E-state index contributed by atoms with van der Waals surface area (Å²) in [6.07, 6.45) is 2.50. The number of carbonyl (C=O) groups is 1. The highest BCUT2D eigenvalue weighted by Crippen LogP contribution is 2.28. The van der Waals surface area contributed by atoms with E-state index in [2.05, 4.69) is 10.3 Å². The van der Waals surface area contributed by atoms with Gasteiger partial charge in [0, 0.05) is 17.5 Å². The first kappa shape index (κ1) is 12.8. The second-order valence-corrected chi connectivity index (χ2v) is 4.70. The standard InChI is InChI=1S/C14H15ClN2O/c1-3-9(2)14(18)17-12-7-6-11(15)10-5-4-8-16-13(10)12/h4-9H,3H2,1-2H3,(H,17,18)/t9-/m1/s1. The van der Waals surface area contributed by atoms with Gasteiger partial charge >= 0.3 is 0 Å².